The van der Waals surface area contributed by atoms with E-state index in [4.69, 9.17) is 0 Å². The molecule has 1 N–H and O–H groups in total. The lowest BCUT2D eigenvalue weighted by atomic mass is 9.95. The molecule has 2 aromatic rings. The summed E-state index contributed by atoms with van der Waals surface area (Å²) in [6.45, 7) is 0.655. The number of rotatable bonds is 4. The molecular weight excluding hydrogens is 348 g/mol. The third kappa shape index (κ3) is 4.11. The van der Waals surface area contributed by atoms with Crippen LogP contribution >= 0.6 is 0 Å². The molecule has 1 saturated heterocycles. The normalized spacial score (nSPS) is 20.1. The maximum absolute atomic E-state index is 13.0. The topological polar surface area (TPSA) is 49.4 Å². The SMILES string of the molecule is O=C(NC1CCCCC1)[C@@H]1CCCN1C(=O)c1ccc(-c2ccccc2)cc1. The Kier molecular flexibility index (Phi) is 5.75. The fourth-order valence-electron chi connectivity index (χ4n) is 4.43. The van der Waals surface area contributed by atoms with Crippen molar-refractivity contribution in [2.24, 2.45) is 0 Å². The molecule has 1 aliphatic heterocycles. The minimum absolute atomic E-state index is 0.0265. The first-order chi connectivity index (χ1) is 13.7. The number of hydrogen-bond acceptors (Lipinski definition) is 2. The van der Waals surface area contributed by atoms with E-state index in [-0.39, 0.29) is 23.9 Å². The van der Waals surface area contributed by atoms with E-state index in [1.165, 1.54) is 19.3 Å². The Labute approximate surface area is 166 Å². The van der Waals surface area contributed by atoms with Crippen LogP contribution in [0.1, 0.15) is 55.3 Å². The van der Waals surface area contributed by atoms with Gasteiger partial charge in [-0.15, -0.1) is 0 Å². The fourth-order valence-corrected chi connectivity index (χ4v) is 4.43. The van der Waals surface area contributed by atoms with Gasteiger partial charge in [0, 0.05) is 18.2 Å². The van der Waals surface area contributed by atoms with Crippen LogP contribution in [0, 0.1) is 0 Å². The van der Waals surface area contributed by atoms with Crippen LogP contribution in [0.2, 0.25) is 0 Å². The van der Waals surface area contributed by atoms with Crippen LogP contribution in [0.5, 0.6) is 0 Å². The van der Waals surface area contributed by atoms with E-state index in [9.17, 15) is 9.59 Å². The lowest BCUT2D eigenvalue weighted by Crippen LogP contribution is -2.49. The first kappa shape index (κ1) is 18.7. The second-order valence-electron chi connectivity index (χ2n) is 7.94. The first-order valence-electron chi connectivity index (χ1n) is 10.5. The molecule has 0 spiro atoms. The summed E-state index contributed by atoms with van der Waals surface area (Å²) in [6, 6.07) is 17.8. The van der Waals surface area contributed by atoms with Crippen molar-refractivity contribution >= 4 is 11.8 Å². The summed E-state index contributed by atoms with van der Waals surface area (Å²) in [5.41, 5.74) is 2.87. The highest BCUT2D eigenvalue weighted by molar-refractivity contribution is 5.98. The maximum atomic E-state index is 13.0. The van der Waals surface area contributed by atoms with Crippen molar-refractivity contribution in [3.05, 3.63) is 60.2 Å². The van der Waals surface area contributed by atoms with Gasteiger partial charge in [0.1, 0.15) is 6.04 Å². The molecule has 0 unspecified atom stereocenters. The van der Waals surface area contributed by atoms with Crippen LogP contribution in [0.4, 0.5) is 0 Å². The molecule has 4 rings (SSSR count). The van der Waals surface area contributed by atoms with Gasteiger partial charge in [0.25, 0.3) is 5.91 Å². The zero-order valence-corrected chi connectivity index (χ0v) is 16.3. The summed E-state index contributed by atoms with van der Waals surface area (Å²) >= 11 is 0. The lowest BCUT2D eigenvalue weighted by Gasteiger charge is -2.28. The minimum Gasteiger partial charge on any atom is -0.352 e. The maximum Gasteiger partial charge on any atom is 0.254 e. The van der Waals surface area contributed by atoms with Gasteiger partial charge >= 0.3 is 0 Å². The molecule has 0 aromatic heterocycles. The predicted molar refractivity (Wildman–Crippen MR) is 111 cm³/mol. The van der Waals surface area contributed by atoms with E-state index in [0.717, 1.165) is 36.8 Å². The fraction of sp³-hybridized carbons (Fsp3) is 0.417. The van der Waals surface area contributed by atoms with Crippen LogP contribution in [0.25, 0.3) is 11.1 Å². The van der Waals surface area contributed by atoms with Crippen molar-refractivity contribution in [1.29, 1.82) is 0 Å². The molecule has 2 aromatic carbocycles. The van der Waals surface area contributed by atoms with Gasteiger partial charge in [-0.2, -0.15) is 0 Å². The van der Waals surface area contributed by atoms with Crippen LogP contribution in [0.3, 0.4) is 0 Å². The molecule has 1 aliphatic carbocycles. The Morgan fingerprint density at radius 3 is 2.18 bits per heavy atom. The molecule has 1 saturated carbocycles. The molecule has 2 aliphatic rings. The van der Waals surface area contributed by atoms with E-state index < -0.39 is 0 Å². The Balaban J connectivity index is 1.43. The Morgan fingerprint density at radius 1 is 0.786 bits per heavy atom. The molecule has 2 amide bonds. The van der Waals surface area contributed by atoms with Gasteiger partial charge in [-0.25, -0.2) is 0 Å². The monoisotopic (exact) mass is 376 g/mol. The van der Waals surface area contributed by atoms with E-state index in [2.05, 4.69) is 17.4 Å². The van der Waals surface area contributed by atoms with Gasteiger partial charge in [0.05, 0.1) is 0 Å². The Bertz CT molecular complexity index is 810. The molecular formula is C24H28N2O2. The van der Waals surface area contributed by atoms with Gasteiger partial charge in [-0.3, -0.25) is 9.59 Å². The van der Waals surface area contributed by atoms with Gasteiger partial charge < -0.3 is 10.2 Å². The van der Waals surface area contributed by atoms with Crippen molar-refractivity contribution < 1.29 is 9.59 Å². The summed E-state index contributed by atoms with van der Waals surface area (Å²) in [7, 11) is 0. The average Bonchev–Trinajstić information content (AvgIpc) is 3.25. The first-order valence-corrected chi connectivity index (χ1v) is 10.5. The summed E-state index contributed by atoms with van der Waals surface area (Å²) in [5.74, 6) is -0.0143. The molecule has 1 heterocycles. The highest BCUT2D eigenvalue weighted by Gasteiger charge is 2.35. The number of nitrogens with zero attached hydrogens (tertiary/aromatic N) is 1. The molecule has 2 fully saturated rings. The summed E-state index contributed by atoms with van der Waals surface area (Å²) in [4.78, 5) is 27.6. The van der Waals surface area contributed by atoms with Crippen molar-refractivity contribution in [1.82, 2.24) is 10.2 Å². The molecule has 4 nitrogen and oxygen atoms in total. The Morgan fingerprint density at radius 2 is 1.46 bits per heavy atom. The van der Waals surface area contributed by atoms with Crippen LogP contribution in [0.15, 0.2) is 54.6 Å². The van der Waals surface area contributed by atoms with Gasteiger partial charge in [-0.1, -0.05) is 61.7 Å². The predicted octanol–water partition coefficient (Wildman–Crippen LogP) is 4.41. The van der Waals surface area contributed by atoms with E-state index in [1.807, 2.05) is 42.5 Å². The second-order valence-corrected chi connectivity index (χ2v) is 7.94. The number of amides is 2. The highest BCUT2D eigenvalue weighted by atomic mass is 16.2. The Hall–Kier alpha value is -2.62. The summed E-state index contributed by atoms with van der Waals surface area (Å²) in [6.07, 6.45) is 7.40. The smallest absolute Gasteiger partial charge is 0.254 e. The molecule has 4 heteroatoms. The quantitative estimate of drug-likeness (QED) is 0.859. The van der Waals surface area contributed by atoms with Gasteiger partial charge in [0.15, 0.2) is 0 Å². The van der Waals surface area contributed by atoms with Crippen LogP contribution in [-0.2, 0) is 4.79 Å². The van der Waals surface area contributed by atoms with Crippen molar-refractivity contribution in [2.75, 3.05) is 6.54 Å². The minimum atomic E-state index is -0.330. The van der Waals surface area contributed by atoms with E-state index >= 15 is 0 Å². The van der Waals surface area contributed by atoms with Gasteiger partial charge in [0.2, 0.25) is 5.91 Å². The zero-order chi connectivity index (χ0) is 19.3. The number of likely N-dealkylation sites (tertiary alicyclic amines) is 1. The number of benzene rings is 2. The van der Waals surface area contributed by atoms with Gasteiger partial charge in [-0.05, 0) is 48.9 Å². The largest absolute Gasteiger partial charge is 0.352 e. The molecule has 0 bridgehead atoms. The zero-order valence-electron chi connectivity index (χ0n) is 16.3. The number of nitrogens with one attached hydrogen (secondary N) is 1. The number of hydrogen-bond donors (Lipinski definition) is 1. The van der Waals surface area contributed by atoms with Crippen molar-refractivity contribution in [3.8, 4) is 11.1 Å². The van der Waals surface area contributed by atoms with E-state index in [1.54, 1.807) is 4.90 Å². The van der Waals surface area contributed by atoms with Crippen molar-refractivity contribution in [3.63, 3.8) is 0 Å². The number of carbonyl (C=O) groups is 2. The molecule has 1 atom stereocenters. The molecule has 146 valence electrons. The third-order valence-corrected chi connectivity index (χ3v) is 6.01. The summed E-state index contributed by atoms with van der Waals surface area (Å²) in [5, 5.41) is 3.19. The van der Waals surface area contributed by atoms with Crippen LogP contribution < -0.4 is 5.32 Å². The molecule has 0 radical (unpaired) electrons. The number of carbonyl (C=O) groups excluding carboxylic acids is 2. The van der Waals surface area contributed by atoms with Crippen LogP contribution in [-0.4, -0.2) is 35.3 Å². The average molecular weight is 377 g/mol. The van der Waals surface area contributed by atoms with Crippen molar-refractivity contribution in [2.45, 2.75) is 57.0 Å². The summed E-state index contributed by atoms with van der Waals surface area (Å²) < 4.78 is 0. The highest BCUT2D eigenvalue weighted by Crippen LogP contribution is 2.24. The standard InChI is InChI=1S/C24H28N2O2/c27-23(25-21-10-5-2-6-11-21)22-12-7-17-26(22)24(28)20-15-13-19(14-16-20)18-8-3-1-4-9-18/h1,3-4,8-9,13-16,21-22H,2,5-7,10-12,17H2,(H,25,27)/t22-/m0/s1. The molecule has 28 heavy (non-hydrogen) atoms. The van der Waals surface area contributed by atoms with E-state index in [0.29, 0.717) is 12.1 Å². The second kappa shape index (κ2) is 8.59. The lowest BCUT2D eigenvalue weighted by molar-refractivity contribution is -0.125. The third-order valence-electron chi connectivity index (χ3n) is 6.01.